The fourth-order valence-electron chi connectivity index (χ4n) is 0.824. The first-order chi connectivity index (χ1) is 4.75. The van der Waals surface area contributed by atoms with Crippen molar-refractivity contribution in [2.45, 2.75) is 13.3 Å². The molecule has 0 amide bonds. The third-order valence-corrected chi connectivity index (χ3v) is 1.47. The van der Waals surface area contributed by atoms with Gasteiger partial charge in [0, 0.05) is 18.8 Å². The smallest absolute Gasteiger partial charge is 0.268 e. The molecule has 0 aromatic carbocycles. The van der Waals surface area contributed by atoms with Crippen LogP contribution in [0.25, 0.3) is 0 Å². The maximum Gasteiger partial charge on any atom is 0.269 e. The number of rotatable bonds is 1. The maximum absolute atomic E-state index is 11.1. The lowest BCUT2D eigenvalue weighted by atomic mass is 10.2. The molecule has 1 aromatic rings. The molecule has 3 nitrogen and oxygen atoms in total. The molecule has 0 aliphatic rings. The minimum atomic E-state index is 0.00463. The lowest BCUT2D eigenvalue weighted by Crippen LogP contribution is -2.22. The number of hydrogen-bond donors (Lipinski definition) is 0. The van der Waals surface area contributed by atoms with Crippen LogP contribution in [0.1, 0.15) is 12.5 Å². The summed E-state index contributed by atoms with van der Waals surface area (Å²) in [6, 6.07) is 1.75. The Morgan fingerprint density at radius 3 is 2.90 bits per heavy atom. The monoisotopic (exact) mass is 138 g/mol. The summed E-state index contributed by atoms with van der Waals surface area (Å²) in [6.45, 7) is 1.96. The largest absolute Gasteiger partial charge is 0.269 e. The van der Waals surface area contributed by atoms with Crippen LogP contribution in [0.3, 0.4) is 0 Å². The van der Waals surface area contributed by atoms with E-state index in [-0.39, 0.29) is 5.56 Å². The lowest BCUT2D eigenvalue weighted by molar-refractivity contribution is 0.694. The summed E-state index contributed by atoms with van der Waals surface area (Å²) in [7, 11) is 1.65. The molecule has 1 heterocycles. The van der Waals surface area contributed by atoms with Crippen molar-refractivity contribution < 1.29 is 0 Å². The molecule has 1 aromatic heterocycles. The summed E-state index contributed by atoms with van der Waals surface area (Å²) in [5.41, 5.74) is 0.822. The van der Waals surface area contributed by atoms with E-state index in [1.807, 2.05) is 6.92 Å². The first-order valence-electron chi connectivity index (χ1n) is 3.27. The van der Waals surface area contributed by atoms with E-state index in [9.17, 15) is 4.79 Å². The first kappa shape index (κ1) is 6.99. The van der Waals surface area contributed by atoms with Crippen molar-refractivity contribution in [3.8, 4) is 0 Å². The van der Waals surface area contributed by atoms with Crippen LogP contribution in [0.2, 0.25) is 0 Å². The van der Waals surface area contributed by atoms with Gasteiger partial charge in [0.05, 0.1) is 0 Å². The SMILES string of the molecule is CCc1ccnn(C)c1=O. The Kier molecular flexibility index (Phi) is 1.85. The van der Waals surface area contributed by atoms with Crippen molar-refractivity contribution >= 4 is 0 Å². The zero-order valence-electron chi connectivity index (χ0n) is 6.16. The van der Waals surface area contributed by atoms with Crippen molar-refractivity contribution in [3.63, 3.8) is 0 Å². The van der Waals surface area contributed by atoms with E-state index < -0.39 is 0 Å². The molecule has 0 radical (unpaired) electrons. The molecule has 0 saturated heterocycles. The van der Waals surface area contributed by atoms with Crippen LogP contribution in [0.15, 0.2) is 17.1 Å². The second-order valence-electron chi connectivity index (χ2n) is 2.14. The molecule has 0 aliphatic heterocycles. The summed E-state index contributed by atoms with van der Waals surface area (Å²) < 4.78 is 1.35. The fourth-order valence-corrected chi connectivity index (χ4v) is 0.824. The molecule has 0 bridgehead atoms. The van der Waals surface area contributed by atoms with Gasteiger partial charge < -0.3 is 0 Å². The average molecular weight is 138 g/mol. The van der Waals surface area contributed by atoms with Crippen molar-refractivity contribution in [3.05, 3.63) is 28.2 Å². The highest BCUT2D eigenvalue weighted by atomic mass is 16.1. The quantitative estimate of drug-likeness (QED) is 0.561. The number of hydrogen-bond acceptors (Lipinski definition) is 2. The predicted octanol–water partition coefficient (Wildman–Crippen LogP) is 0.343. The van der Waals surface area contributed by atoms with Crippen LogP contribution in [-0.4, -0.2) is 9.78 Å². The van der Waals surface area contributed by atoms with E-state index in [4.69, 9.17) is 0 Å². The van der Waals surface area contributed by atoms with Gasteiger partial charge in [0.15, 0.2) is 0 Å². The van der Waals surface area contributed by atoms with Crippen molar-refractivity contribution in [1.82, 2.24) is 9.78 Å². The van der Waals surface area contributed by atoms with Gasteiger partial charge in [-0.2, -0.15) is 5.10 Å². The number of aromatic nitrogens is 2. The molecule has 0 aliphatic carbocycles. The van der Waals surface area contributed by atoms with E-state index >= 15 is 0 Å². The Bertz CT molecular complexity index is 277. The van der Waals surface area contributed by atoms with Crippen LogP contribution in [0.5, 0.6) is 0 Å². The van der Waals surface area contributed by atoms with Gasteiger partial charge in [-0.25, -0.2) is 4.68 Å². The molecule has 0 fully saturated rings. The highest BCUT2D eigenvalue weighted by Crippen LogP contribution is 1.87. The highest BCUT2D eigenvalue weighted by molar-refractivity contribution is 5.05. The highest BCUT2D eigenvalue weighted by Gasteiger charge is 1.95. The Balaban J connectivity index is 3.28. The Hall–Kier alpha value is -1.12. The molecule has 0 N–H and O–H groups in total. The van der Waals surface area contributed by atoms with E-state index in [0.717, 1.165) is 12.0 Å². The van der Waals surface area contributed by atoms with E-state index in [1.54, 1.807) is 19.3 Å². The molecule has 3 heteroatoms. The summed E-state index contributed by atoms with van der Waals surface area (Å²) in [4.78, 5) is 11.1. The van der Waals surface area contributed by atoms with Crippen molar-refractivity contribution in [2.24, 2.45) is 7.05 Å². The summed E-state index contributed by atoms with van der Waals surface area (Å²) in [5.74, 6) is 0. The van der Waals surface area contributed by atoms with E-state index in [2.05, 4.69) is 5.10 Å². The fraction of sp³-hybridized carbons (Fsp3) is 0.429. The topological polar surface area (TPSA) is 34.9 Å². The van der Waals surface area contributed by atoms with Crippen LogP contribution >= 0.6 is 0 Å². The second-order valence-corrected chi connectivity index (χ2v) is 2.14. The van der Waals surface area contributed by atoms with Crippen LogP contribution in [0.4, 0.5) is 0 Å². The van der Waals surface area contributed by atoms with Crippen LogP contribution in [0, 0.1) is 0 Å². The minimum Gasteiger partial charge on any atom is -0.268 e. The predicted molar refractivity (Wildman–Crippen MR) is 38.9 cm³/mol. The van der Waals surface area contributed by atoms with Gasteiger partial charge in [0.2, 0.25) is 0 Å². The molecule has 0 unspecified atom stereocenters. The van der Waals surface area contributed by atoms with Gasteiger partial charge in [-0.3, -0.25) is 4.79 Å². The van der Waals surface area contributed by atoms with Gasteiger partial charge in [-0.15, -0.1) is 0 Å². The van der Waals surface area contributed by atoms with Gasteiger partial charge in [-0.05, 0) is 12.5 Å². The van der Waals surface area contributed by atoms with Crippen molar-refractivity contribution in [2.75, 3.05) is 0 Å². The van der Waals surface area contributed by atoms with Crippen LogP contribution in [-0.2, 0) is 13.5 Å². The molecule has 54 valence electrons. The summed E-state index contributed by atoms with van der Waals surface area (Å²) in [5, 5.41) is 3.79. The standard InChI is InChI=1S/C7H10N2O/c1-3-6-4-5-8-9(2)7(6)10/h4-5H,3H2,1-2H3. The molecular formula is C7H10N2O. The molecular weight excluding hydrogens is 128 g/mol. The van der Waals surface area contributed by atoms with Crippen LogP contribution < -0.4 is 5.56 Å². The average Bonchev–Trinajstić information content (AvgIpc) is 1.95. The zero-order chi connectivity index (χ0) is 7.56. The number of nitrogens with zero attached hydrogens (tertiary/aromatic N) is 2. The summed E-state index contributed by atoms with van der Waals surface area (Å²) >= 11 is 0. The molecule has 1 rings (SSSR count). The normalized spacial score (nSPS) is 9.80. The third-order valence-electron chi connectivity index (χ3n) is 1.47. The second kappa shape index (κ2) is 2.64. The van der Waals surface area contributed by atoms with Gasteiger partial charge >= 0.3 is 0 Å². The zero-order valence-corrected chi connectivity index (χ0v) is 6.16. The lowest BCUT2D eigenvalue weighted by Gasteiger charge is -1.96. The molecule has 0 saturated carbocycles. The Labute approximate surface area is 59.3 Å². The Morgan fingerprint density at radius 1 is 1.70 bits per heavy atom. The van der Waals surface area contributed by atoms with Gasteiger partial charge in [-0.1, -0.05) is 6.92 Å². The molecule has 10 heavy (non-hydrogen) atoms. The summed E-state index contributed by atoms with van der Waals surface area (Å²) in [6.07, 6.45) is 2.41. The first-order valence-corrected chi connectivity index (χ1v) is 3.27. The minimum absolute atomic E-state index is 0.00463. The van der Waals surface area contributed by atoms with Crippen molar-refractivity contribution in [1.29, 1.82) is 0 Å². The molecule has 0 spiro atoms. The van der Waals surface area contributed by atoms with E-state index in [0.29, 0.717) is 0 Å². The third kappa shape index (κ3) is 1.07. The maximum atomic E-state index is 11.1. The molecule has 0 atom stereocenters. The van der Waals surface area contributed by atoms with E-state index in [1.165, 1.54) is 4.68 Å². The van der Waals surface area contributed by atoms with Gasteiger partial charge in [0.1, 0.15) is 0 Å². The van der Waals surface area contributed by atoms with Gasteiger partial charge in [0.25, 0.3) is 5.56 Å². The Morgan fingerprint density at radius 2 is 2.40 bits per heavy atom. The number of aryl methyl sites for hydroxylation is 2.